The Morgan fingerprint density at radius 2 is 2.27 bits per heavy atom. The van der Waals surface area contributed by atoms with Gasteiger partial charge < -0.3 is 5.11 Å². The first kappa shape index (κ1) is 9.71. The average molecular weight is 204 g/mol. The van der Waals surface area contributed by atoms with Gasteiger partial charge in [-0.15, -0.1) is 0 Å². The van der Waals surface area contributed by atoms with Crippen LogP contribution < -0.4 is 0 Å². The topological polar surface area (TPSA) is 55.1 Å². The monoisotopic (exact) mass is 204 g/mol. The summed E-state index contributed by atoms with van der Waals surface area (Å²) in [5, 5.41) is 14.0. The minimum Gasteiger partial charge on any atom is -0.481 e. The van der Waals surface area contributed by atoms with E-state index in [2.05, 4.69) is 5.10 Å². The van der Waals surface area contributed by atoms with Crippen LogP contribution >= 0.6 is 0 Å². The summed E-state index contributed by atoms with van der Waals surface area (Å²) < 4.78 is 1.80. The normalized spacial score (nSPS) is 10.8. The largest absolute Gasteiger partial charge is 0.481 e. The number of benzene rings is 1. The van der Waals surface area contributed by atoms with Crippen LogP contribution in [-0.2, 0) is 18.3 Å². The number of aliphatic carboxylic acids is 1. The van der Waals surface area contributed by atoms with E-state index < -0.39 is 5.97 Å². The van der Waals surface area contributed by atoms with Gasteiger partial charge in [0, 0.05) is 12.4 Å². The highest BCUT2D eigenvalue weighted by atomic mass is 16.4. The Kier molecular flexibility index (Phi) is 2.19. The van der Waals surface area contributed by atoms with Crippen LogP contribution in [0.15, 0.2) is 18.2 Å². The predicted molar refractivity (Wildman–Crippen MR) is 56.8 cm³/mol. The summed E-state index contributed by atoms with van der Waals surface area (Å²) in [4.78, 5) is 10.6. The lowest BCUT2D eigenvalue weighted by Crippen LogP contribution is -1.99. The van der Waals surface area contributed by atoms with E-state index in [1.807, 2.05) is 32.2 Å². The molecule has 0 aliphatic heterocycles. The van der Waals surface area contributed by atoms with Crippen LogP contribution in [0.4, 0.5) is 0 Å². The maximum Gasteiger partial charge on any atom is 0.307 e. The molecule has 0 aliphatic carbocycles. The lowest BCUT2D eigenvalue weighted by Gasteiger charge is -1.98. The fraction of sp³-hybridized carbons (Fsp3) is 0.273. The number of aryl methyl sites for hydroxylation is 2. The van der Waals surface area contributed by atoms with E-state index in [9.17, 15) is 4.79 Å². The molecule has 0 unspecified atom stereocenters. The molecule has 0 spiro atoms. The smallest absolute Gasteiger partial charge is 0.307 e. The molecule has 0 radical (unpaired) electrons. The van der Waals surface area contributed by atoms with Gasteiger partial charge in [0.05, 0.1) is 17.6 Å². The molecule has 0 aliphatic rings. The first-order chi connectivity index (χ1) is 7.08. The quantitative estimate of drug-likeness (QED) is 0.806. The van der Waals surface area contributed by atoms with Crippen LogP contribution in [0.2, 0.25) is 0 Å². The van der Waals surface area contributed by atoms with Crippen molar-refractivity contribution in [1.29, 1.82) is 0 Å². The van der Waals surface area contributed by atoms with E-state index in [4.69, 9.17) is 5.11 Å². The molecule has 0 fully saturated rings. The van der Waals surface area contributed by atoms with Crippen molar-refractivity contribution in [2.75, 3.05) is 0 Å². The van der Waals surface area contributed by atoms with Crippen molar-refractivity contribution in [3.8, 4) is 0 Å². The average Bonchev–Trinajstić information content (AvgIpc) is 2.41. The Morgan fingerprint density at radius 1 is 1.53 bits per heavy atom. The van der Waals surface area contributed by atoms with Crippen LogP contribution in [0, 0.1) is 6.92 Å². The minimum atomic E-state index is -0.809. The van der Waals surface area contributed by atoms with Gasteiger partial charge in [-0.1, -0.05) is 6.07 Å². The maximum atomic E-state index is 10.6. The first-order valence-corrected chi connectivity index (χ1v) is 4.72. The van der Waals surface area contributed by atoms with Crippen LogP contribution in [0.3, 0.4) is 0 Å². The lowest BCUT2D eigenvalue weighted by molar-refractivity contribution is -0.136. The van der Waals surface area contributed by atoms with Crippen molar-refractivity contribution >= 4 is 16.9 Å². The van der Waals surface area contributed by atoms with Gasteiger partial charge in [-0.2, -0.15) is 5.10 Å². The molecule has 0 bridgehead atoms. The van der Waals surface area contributed by atoms with Gasteiger partial charge in [0.15, 0.2) is 0 Å². The highest BCUT2D eigenvalue weighted by molar-refractivity contribution is 5.83. The standard InChI is InChI=1S/C11H12N2O2/c1-7-9-5-8(6-11(14)15)3-4-10(9)13(2)12-7/h3-5H,6H2,1-2H3,(H,14,15). The zero-order valence-electron chi connectivity index (χ0n) is 8.69. The molecule has 1 aromatic carbocycles. The summed E-state index contributed by atoms with van der Waals surface area (Å²) in [6, 6.07) is 5.64. The van der Waals surface area contributed by atoms with Crippen molar-refractivity contribution in [2.45, 2.75) is 13.3 Å². The molecule has 2 rings (SSSR count). The summed E-state index contributed by atoms with van der Waals surface area (Å²) in [7, 11) is 1.88. The Labute approximate surface area is 87.1 Å². The second-order valence-corrected chi connectivity index (χ2v) is 3.63. The van der Waals surface area contributed by atoms with Crippen molar-refractivity contribution < 1.29 is 9.90 Å². The van der Waals surface area contributed by atoms with Gasteiger partial charge in [0.2, 0.25) is 0 Å². The van der Waals surface area contributed by atoms with Crippen LogP contribution in [0.1, 0.15) is 11.3 Å². The van der Waals surface area contributed by atoms with E-state index >= 15 is 0 Å². The molecule has 78 valence electrons. The van der Waals surface area contributed by atoms with E-state index in [0.29, 0.717) is 0 Å². The summed E-state index contributed by atoms with van der Waals surface area (Å²) >= 11 is 0. The molecule has 15 heavy (non-hydrogen) atoms. The molecule has 1 aromatic heterocycles. The predicted octanol–water partition coefficient (Wildman–Crippen LogP) is 1.51. The number of hydrogen-bond acceptors (Lipinski definition) is 2. The fourth-order valence-corrected chi connectivity index (χ4v) is 1.77. The second-order valence-electron chi connectivity index (χ2n) is 3.63. The zero-order valence-corrected chi connectivity index (χ0v) is 8.69. The van der Waals surface area contributed by atoms with E-state index in [1.54, 1.807) is 4.68 Å². The first-order valence-electron chi connectivity index (χ1n) is 4.72. The van der Waals surface area contributed by atoms with Gasteiger partial charge >= 0.3 is 5.97 Å². The zero-order chi connectivity index (χ0) is 11.0. The number of rotatable bonds is 2. The molecule has 0 amide bonds. The number of aromatic nitrogens is 2. The van der Waals surface area contributed by atoms with Crippen molar-refractivity contribution in [1.82, 2.24) is 9.78 Å². The Bertz CT molecular complexity index is 529. The van der Waals surface area contributed by atoms with Crippen LogP contribution in [0.25, 0.3) is 10.9 Å². The van der Waals surface area contributed by atoms with Gasteiger partial charge in [0.1, 0.15) is 0 Å². The molecule has 0 saturated heterocycles. The molecule has 0 saturated carbocycles. The second kappa shape index (κ2) is 3.38. The summed E-state index contributed by atoms with van der Waals surface area (Å²) in [6.45, 7) is 1.92. The van der Waals surface area contributed by atoms with Crippen LogP contribution in [-0.4, -0.2) is 20.9 Å². The van der Waals surface area contributed by atoms with Gasteiger partial charge in [-0.25, -0.2) is 0 Å². The van der Waals surface area contributed by atoms with Gasteiger partial charge in [0.25, 0.3) is 0 Å². The number of carbonyl (C=O) groups is 1. The number of carboxylic acid groups (broad SMARTS) is 1. The van der Waals surface area contributed by atoms with E-state index in [-0.39, 0.29) is 6.42 Å². The molecule has 4 heteroatoms. The Hall–Kier alpha value is -1.84. The molecule has 1 heterocycles. The number of hydrogen-bond donors (Lipinski definition) is 1. The molecule has 2 aromatic rings. The SMILES string of the molecule is Cc1nn(C)c2ccc(CC(=O)O)cc12. The third-order valence-corrected chi connectivity index (χ3v) is 2.45. The summed E-state index contributed by atoms with van der Waals surface area (Å²) in [5.41, 5.74) is 2.77. The molecular weight excluding hydrogens is 192 g/mol. The highest BCUT2D eigenvalue weighted by Gasteiger charge is 2.07. The number of fused-ring (bicyclic) bond motifs is 1. The molecular formula is C11H12N2O2. The molecule has 0 atom stereocenters. The molecule has 1 N–H and O–H groups in total. The summed E-state index contributed by atoms with van der Waals surface area (Å²) in [6.07, 6.45) is 0.0598. The van der Waals surface area contributed by atoms with Crippen molar-refractivity contribution in [3.63, 3.8) is 0 Å². The van der Waals surface area contributed by atoms with Gasteiger partial charge in [-0.3, -0.25) is 9.48 Å². The third kappa shape index (κ3) is 1.70. The highest BCUT2D eigenvalue weighted by Crippen LogP contribution is 2.19. The van der Waals surface area contributed by atoms with Crippen molar-refractivity contribution in [2.24, 2.45) is 7.05 Å². The lowest BCUT2D eigenvalue weighted by atomic mass is 10.1. The van der Waals surface area contributed by atoms with Crippen LogP contribution in [0.5, 0.6) is 0 Å². The number of carboxylic acids is 1. The Morgan fingerprint density at radius 3 is 2.93 bits per heavy atom. The minimum absolute atomic E-state index is 0.0598. The van der Waals surface area contributed by atoms with Crippen molar-refractivity contribution in [3.05, 3.63) is 29.5 Å². The van der Waals surface area contributed by atoms with E-state index in [1.165, 1.54) is 0 Å². The van der Waals surface area contributed by atoms with E-state index in [0.717, 1.165) is 22.2 Å². The summed E-state index contributed by atoms with van der Waals surface area (Å²) in [5.74, 6) is -0.809. The molecule has 4 nitrogen and oxygen atoms in total. The maximum absolute atomic E-state index is 10.6. The number of nitrogens with zero attached hydrogens (tertiary/aromatic N) is 2. The Balaban J connectivity index is 2.55. The third-order valence-electron chi connectivity index (χ3n) is 2.45. The fourth-order valence-electron chi connectivity index (χ4n) is 1.77. The van der Waals surface area contributed by atoms with Gasteiger partial charge in [-0.05, 0) is 24.6 Å².